The van der Waals surface area contributed by atoms with Crippen LogP contribution in [0.1, 0.15) is 32.7 Å². The molecule has 0 bridgehead atoms. The molecule has 2 aromatic heterocycles. The predicted octanol–water partition coefficient (Wildman–Crippen LogP) is 3.94. The molecule has 2 heterocycles. The molecule has 0 radical (unpaired) electrons. The van der Waals surface area contributed by atoms with Crippen molar-refractivity contribution in [2.45, 2.75) is 19.9 Å². The summed E-state index contributed by atoms with van der Waals surface area (Å²) in [6, 6.07) is 13.3. The zero-order valence-corrected chi connectivity index (χ0v) is 17.8. The van der Waals surface area contributed by atoms with E-state index in [2.05, 4.69) is 4.98 Å². The maximum Gasteiger partial charge on any atom is 0.254 e. The zero-order chi connectivity index (χ0) is 22.7. The zero-order valence-electron chi connectivity index (χ0n) is 17.8. The van der Waals surface area contributed by atoms with Gasteiger partial charge in [0, 0.05) is 29.9 Å². The van der Waals surface area contributed by atoms with Crippen LogP contribution < -0.4 is 10.3 Å². The minimum atomic E-state index is -0.341. The van der Waals surface area contributed by atoms with Crippen molar-refractivity contribution in [3.05, 3.63) is 111 Å². The second-order valence-corrected chi connectivity index (χ2v) is 7.58. The Hall–Kier alpha value is -4.00. The van der Waals surface area contributed by atoms with Crippen molar-refractivity contribution >= 4 is 6.29 Å². The van der Waals surface area contributed by atoms with Crippen molar-refractivity contribution in [3.63, 3.8) is 0 Å². The Morgan fingerprint density at radius 1 is 1.06 bits per heavy atom. The second-order valence-electron chi connectivity index (χ2n) is 7.58. The first-order chi connectivity index (χ1) is 15.5. The van der Waals surface area contributed by atoms with Crippen LogP contribution in [0, 0.1) is 12.7 Å². The molecule has 0 spiro atoms. The van der Waals surface area contributed by atoms with Crippen LogP contribution in [0.3, 0.4) is 0 Å². The third kappa shape index (κ3) is 4.51. The third-order valence-electron chi connectivity index (χ3n) is 5.21. The second kappa shape index (κ2) is 9.01. The smallest absolute Gasteiger partial charge is 0.254 e. The average Bonchev–Trinajstić information content (AvgIpc) is 3.23. The van der Waals surface area contributed by atoms with Gasteiger partial charge in [-0.15, -0.1) is 0 Å². The van der Waals surface area contributed by atoms with Gasteiger partial charge in [-0.25, -0.2) is 9.37 Å². The van der Waals surface area contributed by atoms with Gasteiger partial charge in [0.25, 0.3) is 5.56 Å². The summed E-state index contributed by atoms with van der Waals surface area (Å²) >= 11 is 0. The van der Waals surface area contributed by atoms with Gasteiger partial charge in [-0.05, 0) is 48.4 Å². The fourth-order valence-corrected chi connectivity index (χ4v) is 3.64. The molecule has 0 saturated heterocycles. The maximum absolute atomic E-state index is 13.2. The number of hydrogen-bond donors (Lipinski definition) is 0. The van der Waals surface area contributed by atoms with E-state index < -0.39 is 0 Å². The first kappa shape index (κ1) is 21.2. The van der Waals surface area contributed by atoms with Crippen molar-refractivity contribution in [2.24, 2.45) is 0 Å². The lowest BCUT2D eigenvalue weighted by Gasteiger charge is -2.13. The highest BCUT2D eigenvalue weighted by atomic mass is 19.1. The van der Waals surface area contributed by atoms with E-state index in [1.165, 1.54) is 22.9 Å². The Bertz CT molecular complexity index is 1320. The Morgan fingerprint density at radius 2 is 1.81 bits per heavy atom. The SMILES string of the molecule is COc1cc(Cc2cc(C=O)cn(Cc3ccc(F)cc3)c2=O)ccc1-n1cnc(C)c1. The number of carbonyl (C=O) groups is 1. The molecule has 0 amide bonds. The molecular weight excluding hydrogens is 409 g/mol. The minimum absolute atomic E-state index is 0.201. The summed E-state index contributed by atoms with van der Waals surface area (Å²) in [6.07, 6.45) is 6.19. The lowest BCUT2D eigenvalue weighted by atomic mass is 10.0. The molecule has 0 fully saturated rings. The van der Waals surface area contributed by atoms with Crippen molar-refractivity contribution < 1.29 is 13.9 Å². The number of nitrogens with zero attached hydrogens (tertiary/aromatic N) is 3. The van der Waals surface area contributed by atoms with E-state index in [0.29, 0.717) is 23.3 Å². The predicted molar refractivity (Wildman–Crippen MR) is 119 cm³/mol. The highest BCUT2D eigenvalue weighted by molar-refractivity contribution is 5.74. The summed E-state index contributed by atoms with van der Waals surface area (Å²) in [5.74, 6) is 0.310. The normalized spacial score (nSPS) is 10.8. The number of aromatic nitrogens is 3. The van der Waals surface area contributed by atoms with Crippen LogP contribution in [0.2, 0.25) is 0 Å². The van der Waals surface area contributed by atoms with E-state index in [1.807, 2.05) is 35.9 Å². The van der Waals surface area contributed by atoms with E-state index in [4.69, 9.17) is 4.74 Å². The van der Waals surface area contributed by atoms with Crippen LogP contribution in [0.15, 0.2) is 72.0 Å². The summed E-state index contributed by atoms with van der Waals surface area (Å²) in [5, 5.41) is 0. The number of pyridine rings is 1. The van der Waals surface area contributed by atoms with Gasteiger partial charge in [0.05, 0.1) is 31.4 Å². The van der Waals surface area contributed by atoms with Gasteiger partial charge < -0.3 is 13.9 Å². The van der Waals surface area contributed by atoms with Gasteiger partial charge in [-0.2, -0.15) is 0 Å². The summed E-state index contributed by atoms with van der Waals surface area (Å²) < 4.78 is 22.1. The van der Waals surface area contributed by atoms with Crippen molar-refractivity contribution in [2.75, 3.05) is 7.11 Å². The fourth-order valence-electron chi connectivity index (χ4n) is 3.64. The molecule has 162 valence electrons. The van der Waals surface area contributed by atoms with Crippen LogP contribution >= 0.6 is 0 Å². The lowest BCUT2D eigenvalue weighted by molar-refractivity contribution is 0.112. The molecule has 0 aliphatic heterocycles. The molecule has 0 unspecified atom stereocenters. The molecule has 6 nitrogen and oxygen atoms in total. The van der Waals surface area contributed by atoms with Crippen molar-refractivity contribution in [1.82, 2.24) is 14.1 Å². The van der Waals surface area contributed by atoms with E-state index in [9.17, 15) is 14.0 Å². The van der Waals surface area contributed by atoms with Crippen LogP contribution in [-0.4, -0.2) is 27.5 Å². The van der Waals surface area contributed by atoms with Crippen LogP contribution in [0.4, 0.5) is 4.39 Å². The molecule has 0 aliphatic carbocycles. The first-order valence-electron chi connectivity index (χ1n) is 10.1. The quantitative estimate of drug-likeness (QED) is 0.416. The molecule has 32 heavy (non-hydrogen) atoms. The average molecular weight is 431 g/mol. The number of aryl methyl sites for hydroxylation is 1. The summed E-state index contributed by atoms with van der Waals surface area (Å²) in [6.45, 7) is 2.16. The van der Waals surface area contributed by atoms with Crippen molar-refractivity contribution in [1.29, 1.82) is 0 Å². The first-order valence-corrected chi connectivity index (χ1v) is 10.1. The number of benzene rings is 2. The number of imidazole rings is 1. The molecule has 4 rings (SSSR count). The van der Waals surface area contributed by atoms with E-state index in [-0.39, 0.29) is 17.9 Å². The molecule has 4 aromatic rings. The highest BCUT2D eigenvalue weighted by Crippen LogP contribution is 2.25. The Morgan fingerprint density at radius 3 is 2.47 bits per heavy atom. The molecule has 0 atom stereocenters. The monoisotopic (exact) mass is 431 g/mol. The number of methoxy groups -OCH3 is 1. The largest absolute Gasteiger partial charge is 0.495 e. The van der Waals surface area contributed by atoms with Gasteiger partial charge in [-0.3, -0.25) is 9.59 Å². The van der Waals surface area contributed by atoms with E-state index >= 15 is 0 Å². The van der Waals surface area contributed by atoms with E-state index in [1.54, 1.807) is 31.6 Å². The van der Waals surface area contributed by atoms with Gasteiger partial charge >= 0.3 is 0 Å². The Balaban J connectivity index is 1.67. The van der Waals surface area contributed by atoms with Crippen LogP contribution in [0.25, 0.3) is 5.69 Å². The summed E-state index contributed by atoms with van der Waals surface area (Å²) in [5.41, 5.74) is 4.06. The molecule has 0 saturated carbocycles. The van der Waals surface area contributed by atoms with Crippen LogP contribution in [0.5, 0.6) is 5.75 Å². The Labute approximate surface area is 184 Å². The molecule has 7 heteroatoms. The number of carbonyl (C=O) groups excluding carboxylic acids is 1. The van der Waals surface area contributed by atoms with Gasteiger partial charge in [0.2, 0.25) is 0 Å². The number of aldehydes is 1. The third-order valence-corrected chi connectivity index (χ3v) is 5.21. The number of halogens is 1. The van der Waals surface area contributed by atoms with Crippen molar-refractivity contribution in [3.8, 4) is 11.4 Å². The van der Waals surface area contributed by atoms with Crippen LogP contribution in [-0.2, 0) is 13.0 Å². The number of hydrogen-bond acceptors (Lipinski definition) is 4. The lowest BCUT2D eigenvalue weighted by Crippen LogP contribution is -2.25. The van der Waals surface area contributed by atoms with Gasteiger partial charge in [0.1, 0.15) is 11.6 Å². The molecule has 0 N–H and O–H groups in total. The molecular formula is C25H22FN3O3. The maximum atomic E-state index is 13.2. The topological polar surface area (TPSA) is 66.1 Å². The number of rotatable bonds is 7. The summed E-state index contributed by atoms with van der Waals surface area (Å²) in [4.78, 5) is 28.8. The van der Waals surface area contributed by atoms with Gasteiger partial charge in [0.15, 0.2) is 6.29 Å². The van der Waals surface area contributed by atoms with Gasteiger partial charge in [-0.1, -0.05) is 18.2 Å². The standard InChI is InChI=1S/C25H22FN3O3/c1-17-12-29(16-27-17)23-8-5-19(11-24(23)32-2)9-21-10-20(15-30)14-28(25(21)31)13-18-3-6-22(26)7-4-18/h3-8,10-12,14-16H,9,13H2,1-2H3. The molecule has 2 aromatic carbocycles. The van der Waals surface area contributed by atoms with E-state index in [0.717, 1.165) is 28.8 Å². The fraction of sp³-hybridized carbons (Fsp3) is 0.160. The Kier molecular flexibility index (Phi) is 5.98. The summed E-state index contributed by atoms with van der Waals surface area (Å²) in [7, 11) is 1.59. The highest BCUT2D eigenvalue weighted by Gasteiger charge is 2.12. The number of ether oxygens (including phenoxy) is 1. The minimum Gasteiger partial charge on any atom is -0.495 e. The molecule has 0 aliphatic rings.